The Morgan fingerprint density at radius 3 is 2.53 bits per heavy atom. The second kappa shape index (κ2) is 8.71. The molecular weight excluding hydrogens is 402 g/mol. The van der Waals surface area contributed by atoms with Crippen molar-refractivity contribution in [1.29, 1.82) is 0 Å². The van der Waals surface area contributed by atoms with Gasteiger partial charge in [-0.25, -0.2) is 0 Å². The number of pyridine rings is 1. The van der Waals surface area contributed by atoms with Gasteiger partial charge < -0.3 is 15.0 Å². The van der Waals surface area contributed by atoms with Crippen molar-refractivity contribution in [1.82, 2.24) is 9.88 Å². The standard InChI is InChI=1S/C26H27N3O3/c1-17-6-11-23-21(16-17)24(20-4-2-3-5-22(20)28-23)25(30)27-19-9-7-18(8-10-19)26(31)29-12-14-32-15-13-29/h6-11,16H,2-5,12-15H2,1H3,(H,27,30). The van der Waals surface area contributed by atoms with Gasteiger partial charge in [0.25, 0.3) is 11.8 Å². The van der Waals surface area contributed by atoms with E-state index in [9.17, 15) is 9.59 Å². The van der Waals surface area contributed by atoms with Gasteiger partial charge >= 0.3 is 0 Å². The lowest BCUT2D eigenvalue weighted by molar-refractivity contribution is 0.0303. The number of hydrogen-bond donors (Lipinski definition) is 1. The highest BCUT2D eigenvalue weighted by atomic mass is 16.5. The normalized spacial score (nSPS) is 16.0. The second-order valence-corrected chi connectivity index (χ2v) is 8.58. The zero-order valence-electron chi connectivity index (χ0n) is 18.3. The van der Waals surface area contributed by atoms with Gasteiger partial charge in [0.05, 0.1) is 24.3 Å². The molecule has 0 spiro atoms. The van der Waals surface area contributed by atoms with Crippen molar-refractivity contribution in [2.24, 2.45) is 0 Å². The SMILES string of the molecule is Cc1ccc2nc3c(c(C(=O)Nc4ccc(C(=O)N5CCOCC5)cc4)c2c1)CCCC3. The maximum Gasteiger partial charge on any atom is 0.256 e. The van der Waals surface area contributed by atoms with Crippen molar-refractivity contribution in [2.45, 2.75) is 32.6 Å². The predicted molar refractivity (Wildman–Crippen MR) is 124 cm³/mol. The summed E-state index contributed by atoms with van der Waals surface area (Å²) in [6.45, 7) is 4.39. The highest BCUT2D eigenvalue weighted by molar-refractivity contribution is 6.14. The smallest absolute Gasteiger partial charge is 0.256 e. The third-order valence-electron chi connectivity index (χ3n) is 6.33. The van der Waals surface area contributed by atoms with Crippen molar-refractivity contribution in [3.63, 3.8) is 0 Å². The molecule has 3 aromatic rings. The number of nitrogens with one attached hydrogen (secondary N) is 1. The fraction of sp³-hybridized carbons (Fsp3) is 0.346. The molecule has 0 unspecified atom stereocenters. The summed E-state index contributed by atoms with van der Waals surface area (Å²) in [5, 5.41) is 3.96. The van der Waals surface area contributed by atoms with Gasteiger partial charge in [-0.15, -0.1) is 0 Å². The molecule has 2 aliphatic rings. The fourth-order valence-corrected chi connectivity index (χ4v) is 4.64. The Morgan fingerprint density at radius 2 is 1.75 bits per heavy atom. The third-order valence-corrected chi connectivity index (χ3v) is 6.33. The molecule has 6 nitrogen and oxygen atoms in total. The summed E-state index contributed by atoms with van der Waals surface area (Å²) in [5.74, 6) is -0.121. The lowest BCUT2D eigenvalue weighted by atomic mass is 9.89. The molecule has 0 radical (unpaired) electrons. The summed E-state index contributed by atoms with van der Waals surface area (Å²) >= 11 is 0. The molecule has 2 aromatic carbocycles. The van der Waals surface area contributed by atoms with E-state index >= 15 is 0 Å². The number of carbonyl (C=O) groups excluding carboxylic acids is 2. The first-order valence-electron chi connectivity index (χ1n) is 11.3. The van der Waals surface area contributed by atoms with Crippen LogP contribution < -0.4 is 5.32 Å². The number of anilines is 1. The van der Waals surface area contributed by atoms with E-state index in [-0.39, 0.29) is 11.8 Å². The largest absolute Gasteiger partial charge is 0.378 e. The van der Waals surface area contributed by atoms with Crippen LogP contribution in [0.2, 0.25) is 0 Å². The number of morpholine rings is 1. The zero-order valence-corrected chi connectivity index (χ0v) is 18.3. The number of benzene rings is 2. The molecule has 2 heterocycles. The van der Waals surface area contributed by atoms with E-state index in [1.807, 2.05) is 19.1 Å². The minimum atomic E-state index is -0.117. The third kappa shape index (κ3) is 3.98. The van der Waals surface area contributed by atoms with Crippen LogP contribution in [0.1, 0.15) is 50.4 Å². The van der Waals surface area contributed by atoms with Crippen molar-refractivity contribution < 1.29 is 14.3 Å². The summed E-state index contributed by atoms with van der Waals surface area (Å²) in [6, 6.07) is 13.2. The number of aryl methyl sites for hydroxylation is 2. The first kappa shape index (κ1) is 20.6. The molecule has 1 saturated heterocycles. The number of aromatic nitrogens is 1. The van der Waals surface area contributed by atoms with E-state index < -0.39 is 0 Å². The first-order valence-corrected chi connectivity index (χ1v) is 11.3. The monoisotopic (exact) mass is 429 g/mol. The topological polar surface area (TPSA) is 71.5 Å². The molecule has 1 aliphatic heterocycles. The molecule has 1 aliphatic carbocycles. The van der Waals surface area contributed by atoms with Crippen LogP contribution in [0.5, 0.6) is 0 Å². The maximum atomic E-state index is 13.4. The van der Waals surface area contributed by atoms with Gasteiger partial charge in [0.2, 0.25) is 0 Å². The van der Waals surface area contributed by atoms with Crippen molar-refractivity contribution in [3.8, 4) is 0 Å². The Kier molecular flexibility index (Phi) is 5.62. The van der Waals surface area contributed by atoms with Gasteiger partial charge in [0.1, 0.15) is 0 Å². The number of carbonyl (C=O) groups is 2. The number of ether oxygens (including phenoxy) is 1. The Labute approximate surface area is 187 Å². The number of rotatable bonds is 3. The molecule has 1 fully saturated rings. The average Bonchev–Trinajstić information content (AvgIpc) is 2.83. The van der Waals surface area contributed by atoms with Gasteiger partial charge in [-0.1, -0.05) is 11.6 Å². The minimum Gasteiger partial charge on any atom is -0.378 e. The van der Waals surface area contributed by atoms with Crippen LogP contribution in [0.25, 0.3) is 10.9 Å². The number of nitrogens with zero attached hydrogens (tertiary/aromatic N) is 2. The first-order chi connectivity index (χ1) is 15.6. The Morgan fingerprint density at radius 1 is 1.00 bits per heavy atom. The fourth-order valence-electron chi connectivity index (χ4n) is 4.64. The Hall–Kier alpha value is -3.25. The molecule has 0 saturated carbocycles. The molecule has 164 valence electrons. The van der Waals surface area contributed by atoms with Crippen LogP contribution in [-0.4, -0.2) is 48.0 Å². The van der Waals surface area contributed by atoms with Gasteiger partial charge in [-0.2, -0.15) is 0 Å². The van der Waals surface area contributed by atoms with Crippen molar-refractivity contribution in [2.75, 3.05) is 31.6 Å². The van der Waals surface area contributed by atoms with E-state index in [0.717, 1.165) is 59.0 Å². The molecule has 0 bridgehead atoms. The van der Waals surface area contributed by atoms with Crippen LogP contribution >= 0.6 is 0 Å². The van der Waals surface area contributed by atoms with Gasteiger partial charge in [0, 0.05) is 35.4 Å². The highest BCUT2D eigenvalue weighted by Gasteiger charge is 2.23. The van der Waals surface area contributed by atoms with E-state index in [2.05, 4.69) is 11.4 Å². The van der Waals surface area contributed by atoms with E-state index in [1.54, 1.807) is 29.2 Å². The molecule has 32 heavy (non-hydrogen) atoms. The quantitative estimate of drug-likeness (QED) is 0.679. The van der Waals surface area contributed by atoms with Crippen LogP contribution in [0, 0.1) is 6.92 Å². The summed E-state index contributed by atoms with van der Waals surface area (Å²) in [4.78, 5) is 32.8. The highest BCUT2D eigenvalue weighted by Crippen LogP contribution is 2.30. The van der Waals surface area contributed by atoms with Crippen LogP contribution in [0.4, 0.5) is 5.69 Å². The Bertz CT molecular complexity index is 1180. The summed E-state index contributed by atoms with van der Waals surface area (Å²) in [6.07, 6.45) is 3.97. The van der Waals surface area contributed by atoms with Crippen LogP contribution in [0.15, 0.2) is 42.5 Å². The summed E-state index contributed by atoms with van der Waals surface area (Å²) in [5.41, 5.74) is 6.13. The Balaban J connectivity index is 1.42. The molecule has 6 heteroatoms. The maximum absolute atomic E-state index is 13.4. The molecule has 1 aromatic heterocycles. The lowest BCUT2D eigenvalue weighted by Crippen LogP contribution is -2.40. The van der Waals surface area contributed by atoms with Gasteiger partial charge in [-0.05, 0) is 74.6 Å². The van der Waals surface area contributed by atoms with Gasteiger partial charge in [-0.3, -0.25) is 14.6 Å². The molecule has 5 rings (SSSR count). The number of fused-ring (bicyclic) bond motifs is 2. The van der Waals surface area contributed by atoms with Crippen molar-refractivity contribution >= 4 is 28.4 Å². The van der Waals surface area contributed by atoms with E-state index in [1.165, 1.54) is 0 Å². The van der Waals surface area contributed by atoms with Gasteiger partial charge in [0.15, 0.2) is 0 Å². The summed E-state index contributed by atoms with van der Waals surface area (Å²) in [7, 11) is 0. The van der Waals surface area contributed by atoms with Crippen molar-refractivity contribution in [3.05, 3.63) is 70.4 Å². The minimum absolute atomic E-state index is 0.00384. The molecule has 0 atom stereocenters. The van der Waals surface area contributed by atoms with E-state index in [0.29, 0.717) is 37.6 Å². The lowest BCUT2D eigenvalue weighted by Gasteiger charge is -2.26. The van der Waals surface area contributed by atoms with Crippen LogP contribution in [-0.2, 0) is 17.6 Å². The van der Waals surface area contributed by atoms with E-state index in [4.69, 9.17) is 9.72 Å². The summed E-state index contributed by atoms with van der Waals surface area (Å²) < 4.78 is 5.32. The number of amides is 2. The van der Waals surface area contributed by atoms with Crippen LogP contribution in [0.3, 0.4) is 0 Å². The molecule has 1 N–H and O–H groups in total. The predicted octanol–water partition coefficient (Wildman–Crippen LogP) is 4.15. The second-order valence-electron chi connectivity index (χ2n) is 8.58. The zero-order chi connectivity index (χ0) is 22.1. The number of hydrogen-bond acceptors (Lipinski definition) is 4. The molecular formula is C26H27N3O3. The average molecular weight is 430 g/mol. The molecule has 2 amide bonds.